The van der Waals surface area contributed by atoms with Gasteiger partial charge in [0.1, 0.15) is 5.75 Å². The van der Waals surface area contributed by atoms with Gasteiger partial charge in [-0.3, -0.25) is 5.84 Å². The molecule has 0 aromatic heterocycles. The molecule has 11 heavy (non-hydrogen) atoms. The molecule has 60 valence electrons. The molecular weight excluding hydrogens is 160 g/mol. The van der Waals surface area contributed by atoms with Gasteiger partial charge in [-0.1, -0.05) is 0 Å². The predicted molar refractivity (Wildman–Crippen MR) is 48.1 cm³/mol. The standard InChI is InChI=1S/C7H10N2OS/c1-10-6-3-2-5(9-8)4-7(6)11/h2-4,9,11H,8H2,1H3. The molecule has 0 aliphatic rings. The van der Waals surface area contributed by atoms with E-state index in [1.165, 1.54) is 0 Å². The van der Waals surface area contributed by atoms with Gasteiger partial charge in [-0.25, -0.2) is 0 Å². The number of nitrogens with one attached hydrogen (secondary N) is 1. The molecule has 1 aromatic rings. The fourth-order valence-electron chi connectivity index (χ4n) is 0.780. The number of benzene rings is 1. The summed E-state index contributed by atoms with van der Waals surface area (Å²) in [7, 11) is 1.60. The van der Waals surface area contributed by atoms with Gasteiger partial charge in [-0.2, -0.15) is 0 Å². The van der Waals surface area contributed by atoms with Crippen LogP contribution >= 0.6 is 12.6 Å². The lowest BCUT2D eigenvalue weighted by molar-refractivity contribution is 0.405. The number of ether oxygens (including phenoxy) is 1. The second kappa shape index (κ2) is 3.50. The van der Waals surface area contributed by atoms with Crippen molar-refractivity contribution in [1.29, 1.82) is 0 Å². The molecule has 0 saturated heterocycles. The average molecular weight is 170 g/mol. The molecule has 1 rings (SSSR count). The smallest absolute Gasteiger partial charge is 0.132 e. The van der Waals surface area contributed by atoms with Crippen molar-refractivity contribution in [3.05, 3.63) is 18.2 Å². The van der Waals surface area contributed by atoms with Crippen LogP contribution in [0.15, 0.2) is 23.1 Å². The van der Waals surface area contributed by atoms with E-state index < -0.39 is 0 Å². The lowest BCUT2D eigenvalue weighted by atomic mass is 10.3. The van der Waals surface area contributed by atoms with Crippen LogP contribution in [0.4, 0.5) is 5.69 Å². The fraction of sp³-hybridized carbons (Fsp3) is 0.143. The Morgan fingerprint density at radius 2 is 2.27 bits per heavy atom. The third-order valence-corrected chi connectivity index (χ3v) is 1.70. The van der Waals surface area contributed by atoms with Crippen molar-refractivity contribution in [2.24, 2.45) is 5.84 Å². The zero-order valence-electron chi connectivity index (χ0n) is 6.16. The fourth-order valence-corrected chi connectivity index (χ4v) is 1.08. The van der Waals surface area contributed by atoms with Crippen LogP contribution in [0.1, 0.15) is 0 Å². The van der Waals surface area contributed by atoms with Crippen molar-refractivity contribution in [3.8, 4) is 5.75 Å². The molecule has 0 bridgehead atoms. The molecule has 0 atom stereocenters. The van der Waals surface area contributed by atoms with Crippen LogP contribution in [0.5, 0.6) is 5.75 Å². The molecular formula is C7H10N2OS. The molecule has 4 heteroatoms. The Bertz CT molecular complexity index is 252. The summed E-state index contributed by atoms with van der Waals surface area (Å²) >= 11 is 4.18. The number of hydrogen-bond donors (Lipinski definition) is 3. The van der Waals surface area contributed by atoms with Crippen LogP contribution in [-0.4, -0.2) is 7.11 Å². The summed E-state index contributed by atoms with van der Waals surface area (Å²) < 4.78 is 5.00. The van der Waals surface area contributed by atoms with Gasteiger partial charge in [0.25, 0.3) is 0 Å². The Kier molecular flexibility index (Phi) is 2.62. The summed E-state index contributed by atoms with van der Waals surface area (Å²) in [5.41, 5.74) is 3.33. The predicted octanol–water partition coefficient (Wildman–Crippen LogP) is 1.27. The van der Waals surface area contributed by atoms with E-state index in [2.05, 4.69) is 18.1 Å². The highest BCUT2D eigenvalue weighted by Gasteiger charge is 1.97. The van der Waals surface area contributed by atoms with Crippen molar-refractivity contribution < 1.29 is 4.74 Å². The van der Waals surface area contributed by atoms with Crippen molar-refractivity contribution >= 4 is 18.3 Å². The number of rotatable bonds is 2. The van der Waals surface area contributed by atoms with Gasteiger partial charge in [0.05, 0.1) is 7.11 Å². The molecule has 0 radical (unpaired) electrons. The first kappa shape index (κ1) is 8.23. The normalized spacial score (nSPS) is 9.36. The van der Waals surface area contributed by atoms with Gasteiger partial charge >= 0.3 is 0 Å². The minimum absolute atomic E-state index is 0.743. The maximum Gasteiger partial charge on any atom is 0.132 e. The highest BCUT2D eigenvalue weighted by molar-refractivity contribution is 7.80. The van der Waals surface area contributed by atoms with Crippen LogP contribution in [0.25, 0.3) is 0 Å². The third kappa shape index (κ3) is 1.78. The molecule has 0 fully saturated rings. The Labute approximate surface area is 70.9 Å². The summed E-state index contributed by atoms with van der Waals surface area (Å²) in [6.45, 7) is 0. The van der Waals surface area contributed by atoms with Crippen LogP contribution in [0, 0.1) is 0 Å². The van der Waals surface area contributed by atoms with Gasteiger partial charge < -0.3 is 10.2 Å². The van der Waals surface area contributed by atoms with E-state index >= 15 is 0 Å². The Hall–Kier alpha value is -0.870. The Morgan fingerprint density at radius 1 is 1.55 bits per heavy atom. The molecule has 0 amide bonds. The number of nitrogen functional groups attached to an aromatic ring is 1. The maximum absolute atomic E-state index is 5.19. The molecule has 0 spiro atoms. The number of hydrazine groups is 1. The lowest BCUT2D eigenvalue weighted by Gasteiger charge is -2.05. The average Bonchev–Trinajstić information content (AvgIpc) is 2.04. The lowest BCUT2D eigenvalue weighted by Crippen LogP contribution is -2.06. The molecule has 0 saturated carbocycles. The van der Waals surface area contributed by atoms with E-state index in [9.17, 15) is 0 Å². The van der Waals surface area contributed by atoms with Crippen LogP contribution in [0.2, 0.25) is 0 Å². The van der Waals surface area contributed by atoms with E-state index in [1.54, 1.807) is 19.2 Å². The minimum Gasteiger partial charge on any atom is -0.496 e. The number of nitrogens with two attached hydrogens (primary N) is 1. The SMILES string of the molecule is COc1ccc(NN)cc1S. The van der Waals surface area contributed by atoms with E-state index in [0.717, 1.165) is 16.3 Å². The summed E-state index contributed by atoms with van der Waals surface area (Å²) in [5, 5.41) is 0. The Morgan fingerprint density at radius 3 is 2.73 bits per heavy atom. The summed E-state index contributed by atoms with van der Waals surface area (Å²) in [6, 6.07) is 5.41. The van der Waals surface area contributed by atoms with Gasteiger partial charge in [-0.05, 0) is 18.2 Å². The third-order valence-electron chi connectivity index (χ3n) is 1.35. The number of thiol groups is 1. The summed E-state index contributed by atoms with van der Waals surface area (Å²) in [6.07, 6.45) is 0. The van der Waals surface area contributed by atoms with E-state index in [0.29, 0.717) is 0 Å². The van der Waals surface area contributed by atoms with Gasteiger partial charge in [0, 0.05) is 10.6 Å². The van der Waals surface area contributed by atoms with Crippen molar-refractivity contribution in [2.75, 3.05) is 12.5 Å². The molecule has 0 unspecified atom stereocenters. The minimum atomic E-state index is 0.743. The second-order valence-corrected chi connectivity index (χ2v) is 2.51. The zero-order valence-corrected chi connectivity index (χ0v) is 7.06. The molecule has 3 N–H and O–H groups in total. The van der Waals surface area contributed by atoms with Crippen LogP contribution in [0.3, 0.4) is 0 Å². The maximum atomic E-state index is 5.19. The monoisotopic (exact) mass is 170 g/mol. The first-order valence-corrected chi connectivity index (χ1v) is 3.56. The molecule has 1 aromatic carbocycles. The van der Waals surface area contributed by atoms with E-state index in [4.69, 9.17) is 10.6 Å². The van der Waals surface area contributed by atoms with Crippen LogP contribution in [-0.2, 0) is 0 Å². The zero-order chi connectivity index (χ0) is 8.27. The topological polar surface area (TPSA) is 47.3 Å². The number of anilines is 1. The molecule has 3 nitrogen and oxygen atoms in total. The highest BCUT2D eigenvalue weighted by Crippen LogP contribution is 2.24. The van der Waals surface area contributed by atoms with Gasteiger partial charge in [-0.15, -0.1) is 12.6 Å². The molecule has 0 aliphatic carbocycles. The van der Waals surface area contributed by atoms with Gasteiger partial charge in [0.15, 0.2) is 0 Å². The van der Waals surface area contributed by atoms with Crippen molar-refractivity contribution in [2.45, 2.75) is 4.90 Å². The van der Waals surface area contributed by atoms with Gasteiger partial charge in [0.2, 0.25) is 0 Å². The second-order valence-electron chi connectivity index (χ2n) is 2.03. The van der Waals surface area contributed by atoms with Crippen LogP contribution < -0.4 is 16.0 Å². The molecule has 0 heterocycles. The Balaban J connectivity index is 2.99. The molecule has 0 aliphatic heterocycles. The highest BCUT2D eigenvalue weighted by atomic mass is 32.1. The number of hydrogen-bond acceptors (Lipinski definition) is 4. The van der Waals surface area contributed by atoms with Crippen molar-refractivity contribution in [3.63, 3.8) is 0 Å². The van der Waals surface area contributed by atoms with Crippen molar-refractivity contribution in [1.82, 2.24) is 0 Å². The van der Waals surface area contributed by atoms with E-state index in [1.807, 2.05) is 6.07 Å². The number of methoxy groups -OCH3 is 1. The summed E-state index contributed by atoms with van der Waals surface area (Å²) in [4.78, 5) is 0.767. The first-order valence-electron chi connectivity index (χ1n) is 3.11. The first-order chi connectivity index (χ1) is 5.27. The quantitative estimate of drug-likeness (QED) is 0.356. The largest absolute Gasteiger partial charge is 0.496 e. The van der Waals surface area contributed by atoms with E-state index in [-0.39, 0.29) is 0 Å². The summed E-state index contributed by atoms with van der Waals surface area (Å²) in [5.74, 6) is 5.93.